The zero-order valence-corrected chi connectivity index (χ0v) is 6.00. The molecule has 0 bridgehead atoms. The molecule has 1 fully saturated rings. The Kier molecular flexibility index (Phi) is 1.31. The van der Waals surface area contributed by atoms with Gasteiger partial charge < -0.3 is 9.90 Å². The molecule has 1 rings (SSSR count). The quantitative estimate of drug-likeness (QED) is 0.572. The van der Waals surface area contributed by atoms with Gasteiger partial charge in [0.1, 0.15) is 6.29 Å². The van der Waals surface area contributed by atoms with Crippen LogP contribution in [0.4, 0.5) is 0 Å². The number of aliphatic carboxylic acids is 1. The first-order chi connectivity index (χ1) is 4.55. The molecule has 0 aromatic heterocycles. The van der Waals surface area contributed by atoms with Gasteiger partial charge in [-0.05, 0) is 12.8 Å². The Morgan fingerprint density at radius 1 is 1.70 bits per heavy atom. The highest BCUT2D eigenvalue weighted by molar-refractivity contribution is 5.85. The van der Waals surface area contributed by atoms with Gasteiger partial charge in [-0.2, -0.15) is 0 Å². The highest BCUT2D eigenvalue weighted by Gasteiger charge is 2.64. The second-order valence-corrected chi connectivity index (χ2v) is 3.04. The van der Waals surface area contributed by atoms with Crippen LogP contribution < -0.4 is 0 Å². The van der Waals surface area contributed by atoms with Crippen molar-refractivity contribution >= 4 is 12.3 Å². The van der Waals surface area contributed by atoms with Crippen molar-refractivity contribution in [1.82, 2.24) is 0 Å². The number of carboxylic acid groups (broad SMARTS) is 1. The van der Waals surface area contributed by atoms with Crippen molar-refractivity contribution in [2.45, 2.75) is 13.8 Å². The van der Waals surface area contributed by atoms with Gasteiger partial charge in [0.2, 0.25) is 0 Å². The Hall–Kier alpha value is -0.860. The van der Waals surface area contributed by atoms with E-state index in [9.17, 15) is 9.59 Å². The SMILES string of the molecule is C[C@H]1[C@H](C=O)C1(C)C(=O)O. The van der Waals surface area contributed by atoms with Gasteiger partial charge in [-0.3, -0.25) is 4.79 Å². The minimum atomic E-state index is -0.864. The second-order valence-electron chi connectivity index (χ2n) is 3.04. The van der Waals surface area contributed by atoms with Gasteiger partial charge in [-0.1, -0.05) is 6.92 Å². The number of rotatable bonds is 2. The molecular weight excluding hydrogens is 132 g/mol. The van der Waals surface area contributed by atoms with E-state index in [4.69, 9.17) is 5.11 Å². The number of carbonyl (C=O) groups excluding carboxylic acids is 1. The number of carbonyl (C=O) groups is 2. The lowest BCUT2D eigenvalue weighted by Gasteiger charge is -1.99. The average molecular weight is 142 g/mol. The van der Waals surface area contributed by atoms with Crippen LogP contribution >= 0.6 is 0 Å². The molecule has 0 radical (unpaired) electrons. The van der Waals surface area contributed by atoms with Gasteiger partial charge in [-0.25, -0.2) is 0 Å². The molecule has 0 heterocycles. The zero-order valence-electron chi connectivity index (χ0n) is 6.00. The molecule has 3 heteroatoms. The second kappa shape index (κ2) is 1.81. The third kappa shape index (κ3) is 0.602. The standard InChI is InChI=1S/C7H10O3/c1-4-5(3-8)7(4,2)6(9)10/h3-5H,1-2H3,(H,9,10)/t4-,5-,7?/m0/s1. The molecule has 56 valence electrons. The summed E-state index contributed by atoms with van der Waals surface area (Å²) in [7, 11) is 0. The molecule has 0 spiro atoms. The summed E-state index contributed by atoms with van der Waals surface area (Å²) in [6.07, 6.45) is 0.735. The lowest BCUT2D eigenvalue weighted by Crippen LogP contribution is -2.14. The third-order valence-electron chi connectivity index (χ3n) is 2.68. The monoisotopic (exact) mass is 142 g/mol. The first-order valence-electron chi connectivity index (χ1n) is 3.23. The first-order valence-corrected chi connectivity index (χ1v) is 3.23. The summed E-state index contributed by atoms with van der Waals surface area (Å²) >= 11 is 0. The Labute approximate surface area is 59.0 Å². The maximum absolute atomic E-state index is 10.5. The highest BCUT2D eigenvalue weighted by Crippen LogP contribution is 2.56. The topological polar surface area (TPSA) is 54.4 Å². The molecule has 1 N–H and O–H groups in total. The largest absolute Gasteiger partial charge is 0.481 e. The maximum Gasteiger partial charge on any atom is 0.310 e. The van der Waals surface area contributed by atoms with Crippen molar-refractivity contribution in [3.63, 3.8) is 0 Å². The fourth-order valence-corrected chi connectivity index (χ4v) is 1.36. The molecule has 1 saturated carbocycles. The van der Waals surface area contributed by atoms with Gasteiger partial charge in [0.05, 0.1) is 5.41 Å². The minimum absolute atomic E-state index is 0.00231. The van der Waals surface area contributed by atoms with Gasteiger partial charge in [0.25, 0.3) is 0 Å². The van der Waals surface area contributed by atoms with Gasteiger partial charge >= 0.3 is 5.97 Å². The van der Waals surface area contributed by atoms with Crippen LogP contribution in [0.2, 0.25) is 0 Å². The van der Waals surface area contributed by atoms with Crippen LogP contribution in [0, 0.1) is 17.3 Å². The summed E-state index contributed by atoms with van der Waals surface area (Å²) in [6, 6.07) is 0. The van der Waals surface area contributed by atoms with Crippen LogP contribution in [0.25, 0.3) is 0 Å². The molecule has 0 aromatic carbocycles. The van der Waals surface area contributed by atoms with Gasteiger partial charge in [-0.15, -0.1) is 0 Å². The molecule has 3 nitrogen and oxygen atoms in total. The van der Waals surface area contributed by atoms with E-state index in [-0.39, 0.29) is 11.8 Å². The van der Waals surface area contributed by atoms with E-state index in [0.717, 1.165) is 6.29 Å². The molecule has 10 heavy (non-hydrogen) atoms. The maximum atomic E-state index is 10.5. The van der Waals surface area contributed by atoms with Crippen LogP contribution in [0.1, 0.15) is 13.8 Å². The van der Waals surface area contributed by atoms with Crippen LogP contribution in [0.5, 0.6) is 0 Å². The molecule has 1 unspecified atom stereocenters. The van der Waals surface area contributed by atoms with Gasteiger partial charge in [0.15, 0.2) is 0 Å². The predicted octanol–water partition coefficient (Wildman–Crippen LogP) is 0.542. The third-order valence-corrected chi connectivity index (χ3v) is 2.68. The Morgan fingerprint density at radius 2 is 2.20 bits per heavy atom. The van der Waals surface area contributed by atoms with Gasteiger partial charge in [0, 0.05) is 5.92 Å². The fraction of sp³-hybridized carbons (Fsp3) is 0.714. The molecule has 0 amide bonds. The van der Waals surface area contributed by atoms with E-state index in [1.54, 1.807) is 13.8 Å². The van der Waals surface area contributed by atoms with E-state index >= 15 is 0 Å². The Morgan fingerprint density at radius 3 is 2.30 bits per heavy atom. The molecule has 0 aliphatic heterocycles. The van der Waals surface area contributed by atoms with Crippen molar-refractivity contribution < 1.29 is 14.7 Å². The molecule has 0 aromatic rings. The molecule has 1 aliphatic rings. The van der Waals surface area contributed by atoms with Crippen LogP contribution in [-0.4, -0.2) is 17.4 Å². The summed E-state index contributed by atoms with van der Waals surface area (Å²) in [5.41, 5.74) is -0.776. The van der Waals surface area contributed by atoms with Crippen LogP contribution in [0.15, 0.2) is 0 Å². The molecule has 3 atom stereocenters. The molecule has 0 saturated heterocycles. The van der Waals surface area contributed by atoms with Crippen LogP contribution in [0.3, 0.4) is 0 Å². The summed E-state index contributed by atoms with van der Waals surface area (Å²) in [4.78, 5) is 20.7. The van der Waals surface area contributed by atoms with E-state index in [0.29, 0.717) is 0 Å². The fourth-order valence-electron chi connectivity index (χ4n) is 1.36. The Balaban J connectivity index is 2.76. The van der Waals surface area contributed by atoms with Crippen LogP contribution in [-0.2, 0) is 9.59 Å². The number of hydrogen-bond donors (Lipinski definition) is 1. The van der Waals surface area contributed by atoms with Crippen molar-refractivity contribution in [3.05, 3.63) is 0 Å². The number of carboxylic acids is 1. The van der Waals surface area contributed by atoms with Crippen molar-refractivity contribution in [3.8, 4) is 0 Å². The summed E-state index contributed by atoms with van der Waals surface area (Å²) in [5, 5.41) is 8.63. The van der Waals surface area contributed by atoms with Crippen molar-refractivity contribution in [2.75, 3.05) is 0 Å². The van der Waals surface area contributed by atoms with E-state index in [1.165, 1.54) is 0 Å². The van der Waals surface area contributed by atoms with Crippen molar-refractivity contribution in [2.24, 2.45) is 17.3 Å². The zero-order chi connectivity index (χ0) is 7.94. The smallest absolute Gasteiger partial charge is 0.310 e. The average Bonchev–Trinajstić information content (AvgIpc) is 2.38. The van der Waals surface area contributed by atoms with Crippen molar-refractivity contribution in [1.29, 1.82) is 0 Å². The number of aldehydes is 1. The summed E-state index contributed by atoms with van der Waals surface area (Å²) in [6.45, 7) is 3.40. The number of hydrogen-bond acceptors (Lipinski definition) is 2. The van der Waals surface area contributed by atoms with E-state index < -0.39 is 11.4 Å². The summed E-state index contributed by atoms with van der Waals surface area (Å²) in [5.74, 6) is -1.13. The lowest BCUT2D eigenvalue weighted by atomic mass is 10.1. The first kappa shape index (κ1) is 7.25. The molecular formula is C7H10O3. The Bertz CT molecular complexity index is 187. The highest BCUT2D eigenvalue weighted by atomic mass is 16.4. The van der Waals surface area contributed by atoms with E-state index in [1.807, 2.05) is 0 Å². The molecule has 1 aliphatic carbocycles. The van der Waals surface area contributed by atoms with E-state index in [2.05, 4.69) is 0 Å². The lowest BCUT2D eigenvalue weighted by molar-refractivity contribution is -0.144. The normalized spacial score (nSPS) is 44.6. The summed E-state index contributed by atoms with van der Waals surface area (Å²) < 4.78 is 0. The minimum Gasteiger partial charge on any atom is -0.481 e. The predicted molar refractivity (Wildman–Crippen MR) is 34.5 cm³/mol.